The summed E-state index contributed by atoms with van der Waals surface area (Å²) in [5, 5.41) is 4.18. The minimum atomic E-state index is -0.281. The van der Waals surface area contributed by atoms with Crippen LogP contribution in [0.5, 0.6) is 0 Å². The molecule has 0 amide bonds. The molecule has 0 N–H and O–H groups in total. The number of nitrogens with zero attached hydrogens (tertiary/aromatic N) is 5. The van der Waals surface area contributed by atoms with E-state index in [-0.39, 0.29) is 5.82 Å². The molecule has 0 saturated carbocycles. The first-order chi connectivity index (χ1) is 14.6. The van der Waals surface area contributed by atoms with Gasteiger partial charge in [-0.05, 0) is 39.0 Å². The number of benzene rings is 2. The average molecular weight is 405 g/mol. The van der Waals surface area contributed by atoms with Crippen LogP contribution in [0, 0.1) is 5.82 Å². The number of halogens is 1. The number of imidazole rings is 2. The summed E-state index contributed by atoms with van der Waals surface area (Å²) in [5.74, 6) is 1.33. The van der Waals surface area contributed by atoms with Crippen molar-refractivity contribution in [2.45, 2.75) is 33.9 Å². The van der Waals surface area contributed by atoms with Crippen LogP contribution in [0.3, 0.4) is 0 Å². The molecule has 0 radical (unpaired) electrons. The molecule has 0 unspecified atom stereocenters. The normalized spacial score (nSPS) is 11.9. The van der Waals surface area contributed by atoms with Crippen molar-refractivity contribution in [3.8, 4) is 11.4 Å². The molecule has 0 aliphatic heterocycles. The Morgan fingerprint density at radius 3 is 2.77 bits per heavy atom. The van der Waals surface area contributed by atoms with Crippen molar-refractivity contribution in [3.63, 3.8) is 0 Å². The summed E-state index contributed by atoms with van der Waals surface area (Å²) in [6.07, 6.45) is 3.62. The monoisotopic (exact) mass is 405 g/mol. The van der Waals surface area contributed by atoms with Crippen LogP contribution in [-0.2, 0) is 17.9 Å². The first-order valence-electron chi connectivity index (χ1n) is 10.0. The highest BCUT2D eigenvalue weighted by Gasteiger charge is 2.16. The summed E-state index contributed by atoms with van der Waals surface area (Å²) in [6.45, 7) is 7.75. The number of para-hydroxylation sites is 1. The molecule has 7 heteroatoms. The minimum absolute atomic E-state index is 0.281. The molecule has 0 aliphatic rings. The van der Waals surface area contributed by atoms with Crippen molar-refractivity contribution in [2.75, 3.05) is 6.61 Å². The lowest BCUT2D eigenvalue weighted by molar-refractivity contribution is 0.159. The molecule has 0 saturated heterocycles. The van der Waals surface area contributed by atoms with Crippen LogP contribution in [0.25, 0.3) is 22.4 Å². The van der Waals surface area contributed by atoms with Gasteiger partial charge in [-0.2, -0.15) is 0 Å². The predicted octanol–water partition coefficient (Wildman–Crippen LogP) is 4.87. The smallest absolute Gasteiger partial charge is 0.140 e. The first kappa shape index (κ1) is 19.8. The van der Waals surface area contributed by atoms with Gasteiger partial charge in [-0.25, -0.2) is 14.4 Å². The summed E-state index contributed by atoms with van der Waals surface area (Å²) in [5.41, 5.74) is 4.41. The molecule has 4 rings (SSSR count). The topological polar surface area (TPSA) is 57.2 Å². The Bertz CT molecular complexity index is 1210. The van der Waals surface area contributed by atoms with E-state index in [4.69, 9.17) is 9.82 Å². The number of oxime groups is 1. The zero-order valence-electron chi connectivity index (χ0n) is 17.3. The van der Waals surface area contributed by atoms with Gasteiger partial charge in [0.25, 0.3) is 0 Å². The third-order valence-electron chi connectivity index (χ3n) is 5.00. The van der Waals surface area contributed by atoms with Gasteiger partial charge in [-0.1, -0.05) is 29.4 Å². The van der Waals surface area contributed by atoms with E-state index in [0.717, 1.165) is 40.2 Å². The van der Waals surface area contributed by atoms with Crippen LogP contribution < -0.4 is 0 Å². The number of fused-ring (bicyclic) bond motifs is 1. The van der Waals surface area contributed by atoms with E-state index < -0.39 is 0 Å². The number of hydrogen-bond acceptors (Lipinski definition) is 4. The van der Waals surface area contributed by atoms with Crippen LogP contribution in [-0.4, -0.2) is 31.4 Å². The van der Waals surface area contributed by atoms with E-state index in [0.29, 0.717) is 19.0 Å². The minimum Gasteiger partial charge on any atom is -0.396 e. The Kier molecular flexibility index (Phi) is 5.61. The molecule has 0 bridgehead atoms. The Hall–Kier alpha value is -3.48. The van der Waals surface area contributed by atoms with E-state index in [1.807, 2.05) is 42.8 Å². The summed E-state index contributed by atoms with van der Waals surface area (Å²) in [4.78, 5) is 14.6. The third kappa shape index (κ3) is 3.70. The fourth-order valence-corrected chi connectivity index (χ4v) is 3.65. The standard InChI is InChI=1S/C23H24FN5O/c1-4-29-20-11-7-10-19(16(3)27-30-5-2)22(20)26-21(29)15-28-13-12-25-23(28)17-8-6-9-18(24)14-17/h6-14H,4-5,15H2,1-3H3/b27-16+. The number of hydrogen-bond donors (Lipinski definition) is 0. The number of aryl methyl sites for hydroxylation is 1. The van der Waals surface area contributed by atoms with Crippen LogP contribution in [0.4, 0.5) is 4.39 Å². The molecule has 0 fully saturated rings. The second-order valence-corrected chi connectivity index (χ2v) is 6.93. The summed E-state index contributed by atoms with van der Waals surface area (Å²) in [6, 6.07) is 12.6. The average Bonchev–Trinajstić information content (AvgIpc) is 3.35. The molecular formula is C23H24FN5O. The molecule has 2 aromatic carbocycles. The zero-order valence-corrected chi connectivity index (χ0v) is 17.3. The van der Waals surface area contributed by atoms with E-state index >= 15 is 0 Å². The van der Waals surface area contributed by atoms with Gasteiger partial charge in [0.15, 0.2) is 0 Å². The van der Waals surface area contributed by atoms with Crippen LogP contribution in [0.2, 0.25) is 0 Å². The van der Waals surface area contributed by atoms with Crippen molar-refractivity contribution >= 4 is 16.7 Å². The zero-order chi connectivity index (χ0) is 21.1. The lowest BCUT2D eigenvalue weighted by Gasteiger charge is -2.10. The Balaban J connectivity index is 1.77. The third-order valence-corrected chi connectivity index (χ3v) is 5.00. The van der Waals surface area contributed by atoms with Crippen molar-refractivity contribution in [3.05, 3.63) is 72.1 Å². The molecule has 0 aliphatic carbocycles. The van der Waals surface area contributed by atoms with Crippen molar-refractivity contribution in [1.29, 1.82) is 0 Å². The van der Waals surface area contributed by atoms with E-state index in [1.54, 1.807) is 12.3 Å². The van der Waals surface area contributed by atoms with Crippen molar-refractivity contribution in [1.82, 2.24) is 19.1 Å². The summed E-state index contributed by atoms with van der Waals surface area (Å²) in [7, 11) is 0. The highest BCUT2D eigenvalue weighted by atomic mass is 19.1. The molecule has 4 aromatic rings. The molecule has 0 spiro atoms. The fourth-order valence-electron chi connectivity index (χ4n) is 3.65. The van der Waals surface area contributed by atoms with Crippen molar-refractivity contribution in [2.24, 2.45) is 5.16 Å². The van der Waals surface area contributed by atoms with Gasteiger partial charge >= 0.3 is 0 Å². The Labute approximate surface area is 174 Å². The predicted molar refractivity (Wildman–Crippen MR) is 116 cm³/mol. The van der Waals surface area contributed by atoms with E-state index in [2.05, 4.69) is 27.7 Å². The van der Waals surface area contributed by atoms with Crippen LogP contribution in [0.1, 0.15) is 32.2 Å². The summed E-state index contributed by atoms with van der Waals surface area (Å²) >= 11 is 0. The highest BCUT2D eigenvalue weighted by Crippen LogP contribution is 2.24. The van der Waals surface area contributed by atoms with E-state index in [1.165, 1.54) is 12.1 Å². The van der Waals surface area contributed by atoms with Gasteiger partial charge in [-0.3, -0.25) is 0 Å². The number of rotatable bonds is 7. The largest absolute Gasteiger partial charge is 0.396 e. The number of aromatic nitrogens is 4. The maximum absolute atomic E-state index is 13.7. The van der Waals surface area contributed by atoms with Gasteiger partial charge in [0.1, 0.15) is 24.1 Å². The second-order valence-electron chi connectivity index (χ2n) is 6.93. The fraction of sp³-hybridized carbons (Fsp3) is 0.261. The second kappa shape index (κ2) is 8.49. The van der Waals surface area contributed by atoms with Crippen LogP contribution in [0.15, 0.2) is 60.0 Å². The molecule has 2 heterocycles. The molecule has 30 heavy (non-hydrogen) atoms. The molecular weight excluding hydrogens is 381 g/mol. The van der Waals surface area contributed by atoms with E-state index in [9.17, 15) is 4.39 Å². The Morgan fingerprint density at radius 2 is 2.00 bits per heavy atom. The van der Waals surface area contributed by atoms with Gasteiger partial charge < -0.3 is 14.0 Å². The molecule has 2 aromatic heterocycles. The van der Waals surface area contributed by atoms with Gasteiger partial charge in [-0.15, -0.1) is 0 Å². The highest BCUT2D eigenvalue weighted by molar-refractivity contribution is 6.07. The maximum atomic E-state index is 13.7. The quantitative estimate of drug-likeness (QED) is 0.326. The van der Waals surface area contributed by atoms with Crippen molar-refractivity contribution < 1.29 is 9.23 Å². The Morgan fingerprint density at radius 1 is 1.17 bits per heavy atom. The van der Waals surface area contributed by atoms with Gasteiger partial charge in [0, 0.05) is 30.1 Å². The molecule has 154 valence electrons. The molecule has 6 nitrogen and oxygen atoms in total. The maximum Gasteiger partial charge on any atom is 0.140 e. The van der Waals surface area contributed by atoms with Gasteiger partial charge in [0.2, 0.25) is 0 Å². The molecule has 0 atom stereocenters. The SMILES string of the molecule is CCO/N=C(\C)c1cccc2c1nc(Cn1ccnc1-c1cccc(F)c1)n2CC. The lowest BCUT2D eigenvalue weighted by Crippen LogP contribution is -2.08. The van der Waals surface area contributed by atoms with Gasteiger partial charge in [0.05, 0.1) is 23.3 Å². The summed E-state index contributed by atoms with van der Waals surface area (Å²) < 4.78 is 17.9. The van der Waals surface area contributed by atoms with Crippen LogP contribution >= 0.6 is 0 Å². The lowest BCUT2D eigenvalue weighted by atomic mass is 10.1. The first-order valence-corrected chi connectivity index (χ1v) is 10.0.